The number of nitro benzene ring substituents is 1. The van der Waals surface area contributed by atoms with Gasteiger partial charge in [0.05, 0.1) is 21.9 Å². The highest BCUT2D eigenvalue weighted by atomic mass is 35.5. The Hall–Kier alpha value is -4.21. The molecule has 0 amide bonds. The average molecular weight is 546 g/mol. The summed E-state index contributed by atoms with van der Waals surface area (Å²) < 4.78 is 6.33. The molecule has 2 aromatic heterocycles. The second-order valence-electron chi connectivity index (χ2n) is 8.43. The maximum Gasteiger partial charge on any atom is 0.269 e. The van der Waals surface area contributed by atoms with Crippen molar-refractivity contribution in [3.05, 3.63) is 98.9 Å². The molecular formula is C28H24ClN5O3S. The molecule has 5 rings (SSSR count). The molecule has 3 aromatic carbocycles. The summed E-state index contributed by atoms with van der Waals surface area (Å²) in [5.41, 5.74) is 8.19. The van der Waals surface area contributed by atoms with E-state index in [1.807, 2.05) is 47.8 Å². The fourth-order valence-electron chi connectivity index (χ4n) is 4.05. The largest absolute Gasteiger partial charge is 0.436 e. The summed E-state index contributed by atoms with van der Waals surface area (Å²) in [6.07, 6.45) is 0. The second kappa shape index (κ2) is 11.0. The van der Waals surface area contributed by atoms with Gasteiger partial charge in [-0.2, -0.15) is 0 Å². The van der Waals surface area contributed by atoms with Gasteiger partial charge in [0.1, 0.15) is 10.6 Å². The fraction of sp³-hybridized carbons (Fsp3) is 0.143. The summed E-state index contributed by atoms with van der Waals surface area (Å²) in [7, 11) is 0. The number of halogens is 1. The van der Waals surface area contributed by atoms with Crippen LogP contribution in [-0.4, -0.2) is 23.0 Å². The lowest BCUT2D eigenvalue weighted by Gasteiger charge is -2.21. The Kier molecular flexibility index (Phi) is 7.39. The summed E-state index contributed by atoms with van der Waals surface area (Å²) in [4.78, 5) is 17.6. The van der Waals surface area contributed by atoms with Crippen LogP contribution in [0.1, 0.15) is 13.8 Å². The minimum Gasteiger partial charge on any atom is -0.436 e. The number of nitrogens with one attached hydrogen (secondary N) is 1. The molecule has 0 saturated carbocycles. The topological polar surface area (TPSA) is 96.8 Å². The number of nitro groups is 1. The van der Waals surface area contributed by atoms with Gasteiger partial charge in [-0.25, -0.2) is 4.98 Å². The zero-order valence-corrected chi connectivity index (χ0v) is 22.3. The maximum atomic E-state index is 11.0. The van der Waals surface area contributed by atoms with Crippen LogP contribution in [0.4, 0.5) is 17.1 Å². The Bertz CT molecular complexity index is 1660. The number of aromatic nitrogens is 1. The van der Waals surface area contributed by atoms with Crippen LogP contribution >= 0.6 is 22.9 Å². The Labute approximate surface area is 228 Å². The van der Waals surface area contributed by atoms with Crippen molar-refractivity contribution >= 4 is 51.0 Å². The molecule has 0 fully saturated rings. The van der Waals surface area contributed by atoms with E-state index in [9.17, 15) is 10.1 Å². The number of thiazole rings is 1. The summed E-state index contributed by atoms with van der Waals surface area (Å²) in [5.74, 6) is 0. The highest BCUT2D eigenvalue weighted by Crippen LogP contribution is 2.30. The summed E-state index contributed by atoms with van der Waals surface area (Å²) in [6, 6.07) is 21.7. The predicted molar refractivity (Wildman–Crippen MR) is 154 cm³/mol. The van der Waals surface area contributed by atoms with Crippen molar-refractivity contribution in [3.8, 4) is 21.8 Å². The van der Waals surface area contributed by atoms with Crippen LogP contribution in [0.5, 0.6) is 0 Å². The molecule has 5 aromatic rings. The second-order valence-corrected chi connectivity index (χ2v) is 9.73. The van der Waals surface area contributed by atoms with E-state index in [0.717, 1.165) is 46.0 Å². The Morgan fingerprint density at radius 1 is 1.05 bits per heavy atom. The van der Waals surface area contributed by atoms with Crippen molar-refractivity contribution < 1.29 is 9.34 Å². The molecule has 0 aliphatic rings. The van der Waals surface area contributed by atoms with Crippen molar-refractivity contribution in [2.24, 2.45) is 5.10 Å². The molecule has 0 atom stereocenters. The fourth-order valence-corrected chi connectivity index (χ4v) is 5.01. The molecule has 2 heterocycles. The first-order valence-corrected chi connectivity index (χ1v) is 13.3. The van der Waals surface area contributed by atoms with Gasteiger partial charge in [0.2, 0.25) is 5.55 Å². The maximum absolute atomic E-state index is 11.0. The van der Waals surface area contributed by atoms with Gasteiger partial charge in [0.15, 0.2) is 0 Å². The normalized spacial score (nSPS) is 11.6. The summed E-state index contributed by atoms with van der Waals surface area (Å²) >= 11 is 7.54. The molecule has 38 heavy (non-hydrogen) atoms. The SMILES string of the molecule is CCN(CC)c1ccc2cc(-c3nc(-c4ccc(Cl)cc4)cs3)/c(=N/Nc3ccc([N+](=O)[O-])cc3)oc2c1. The predicted octanol–water partition coefficient (Wildman–Crippen LogP) is 7.56. The monoisotopic (exact) mass is 545 g/mol. The molecule has 10 heteroatoms. The van der Waals surface area contributed by atoms with Crippen molar-refractivity contribution in [1.29, 1.82) is 0 Å². The lowest BCUT2D eigenvalue weighted by molar-refractivity contribution is -0.384. The van der Waals surface area contributed by atoms with Gasteiger partial charge in [0.25, 0.3) is 5.69 Å². The van der Waals surface area contributed by atoms with Gasteiger partial charge < -0.3 is 9.32 Å². The van der Waals surface area contributed by atoms with Gasteiger partial charge in [-0.3, -0.25) is 15.5 Å². The van der Waals surface area contributed by atoms with Gasteiger partial charge in [0, 0.05) is 58.3 Å². The van der Waals surface area contributed by atoms with Crippen molar-refractivity contribution in [1.82, 2.24) is 4.98 Å². The standard InChI is InChI=1S/C28H24ClN5O3S/c1-3-33(4-2)23-12-7-19-15-24(28-30-25(17-38-28)18-5-8-20(29)9-6-18)27(37-26(19)16-23)32-31-21-10-13-22(14-11-21)34(35)36/h5-17,31H,3-4H2,1-2H3/b32-27-. The van der Waals surface area contributed by atoms with Crippen LogP contribution in [0, 0.1) is 10.1 Å². The molecule has 0 aliphatic heterocycles. The Morgan fingerprint density at radius 3 is 2.47 bits per heavy atom. The van der Waals surface area contributed by atoms with Crippen LogP contribution in [0.2, 0.25) is 5.02 Å². The van der Waals surface area contributed by atoms with Crippen LogP contribution in [0.3, 0.4) is 0 Å². The molecule has 0 spiro atoms. The van der Waals surface area contributed by atoms with E-state index in [2.05, 4.69) is 35.3 Å². The molecule has 8 nitrogen and oxygen atoms in total. The molecule has 0 unspecified atom stereocenters. The lowest BCUT2D eigenvalue weighted by atomic mass is 10.1. The quantitative estimate of drug-likeness (QED) is 0.160. The first-order chi connectivity index (χ1) is 18.4. The molecule has 0 aliphatic carbocycles. The van der Waals surface area contributed by atoms with Crippen LogP contribution in [-0.2, 0) is 0 Å². The van der Waals surface area contributed by atoms with Gasteiger partial charge in [-0.1, -0.05) is 23.7 Å². The van der Waals surface area contributed by atoms with Crippen LogP contribution in [0.25, 0.3) is 32.8 Å². The van der Waals surface area contributed by atoms with Crippen LogP contribution in [0.15, 0.2) is 87.7 Å². The van der Waals surface area contributed by atoms with E-state index >= 15 is 0 Å². The highest BCUT2D eigenvalue weighted by molar-refractivity contribution is 7.13. The number of fused-ring (bicyclic) bond motifs is 1. The first kappa shape index (κ1) is 25.4. The third kappa shape index (κ3) is 5.39. The zero-order valence-electron chi connectivity index (χ0n) is 20.7. The number of rotatable bonds is 8. The number of hydrogen-bond donors (Lipinski definition) is 1. The van der Waals surface area contributed by atoms with Crippen molar-refractivity contribution in [3.63, 3.8) is 0 Å². The number of anilines is 2. The van der Waals surface area contributed by atoms with E-state index < -0.39 is 4.92 Å². The van der Waals surface area contributed by atoms with Crippen molar-refractivity contribution in [2.75, 3.05) is 23.4 Å². The van der Waals surface area contributed by atoms with E-state index in [4.69, 9.17) is 21.0 Å². The Morgan fingerprint density at radius 2 is 1.79 bits per heavy atom. The molecule has 0 radical (unpaired) electrons. The number of hydrogen-bond acceptors (Lipinski definition) is 8. The first-order valence-electron chi connectivity index (χ1n) is 12.0. The molecule has 0 saturated heterocycles. The van der Waals surface area contributed by atoms with E-state index in [-0.39, 0.29) is 5.69 Å². The summed E-state index contributed by atoms with van der Waals surface area (Å²) in [5, 5.41) is 19.8. The average Bonchev–Trinajstić information content (AvgIpc) is 3.43. The van der Waals surface area contributed by atoms with Crippen LogP contribution < -0.4 is 15.9 Å². The van der Waals surface area contributed by atoms with Gasteiger partial charge >= 0.3 is 0 Å². The molecule has 192 valence electrons. The smallest absolute Gasteiger partial charge is 0.269 e. The minimum absolute atomic E-state index is 0.00748. The lowest BCUT2D eigenvalue weighted by Crippen LogP contribution is -2.21. The van der Waals surface area contributed by atoms with E-state index in [0.29, 0.717) is 21.8 Å². The number of non-ortho nitro benzene ring substituents is 1. The molecule has 0 bridgehead atoms. The number of nitrogens with zero attached hydrogens (tertiary/aromatic N) is 4. The zero-order chi connectivity index (χ0) is 26.6. The van der Waals surface area contributed by atoms with Crippen molar-refractivity contribution in [2.45, 2.75) is 13.8 Å². The van der Waals surface area contributed by atoms with E-state index in [1.54, 1.807) is 12.1 Å². The van der Waals surface area contributed by atoms with Gasteiger partial charge in [-0.05, 0) is 56.3 Å². The molecule has 1 N–H and O–H groups in total. The Balaban J connectivity index is 1.60. The van der Waals surface area contributed by atoms with Gasteiger partial charge in [-0.15, -0.1) is 16.4 Å². The summed E-state index contributed by atoms with van der Waals surface area (Å²) in [6.45, 7) is 5.99. The third-order valence-electron chi connectivity index (χ3n) is 6.10. The third-order valence-corrected chi connectivity index (χ3v) is 7.23. The molecular weight excluding hydrogens is 522 g/mol. The minimum atomic E-state index is -0.439. The van der Waals surface area contributed by atoms with E-state index in [1.165, 1.54) is 23.5 Å². The highest BCUT2D eigenvalue weighted by Gasteiger charge is 2.14. The number of benzene rings is 3.